The molecule has 19 heavy (non-hydrogen) atoms. The first-order valence-electron chi connectivity index (χ1n) is 5.83. The van der Waals surface area contributed by atoms with Crippen molar-refractivity contribution in [3.05, 3.63) is 48.2 Å². The van der Waals surface area contributed by atoms with Gasteiger partial charge in [-0.25, -0.2) is 4.79 Å². The summed E-state index contributed by atoms with van der Waals surface area (Å²) in [5, 5.41) is 8.01. The number of primary amides is 1. The molecule has 1 aromatic rings. The minimum Gasteiger partial charge on any atom is -0.369 e. The number of benzene rings is 1. The van der Waals surface area contributed by atoms with E-state index in [1.165, 1.54) is 0 Å². The summed E-state index contributed by atoms with van der Waals surface area (Å²) in [6.45, 7) is 4.44. The summed E-state index contributed by atoms with van der Waals surface area (Å²) >= 11 is 0. The summed E-state index contributed by atoms with van der Waals surface area (Å²) in [5.41, 5.74) is 6.44. The third-order valence-corrected chi connectivity index (χ3v) is 2.22. The van der Waals surface area contributed by atoms with Gasteiger partial charge in [0.05, 0.1) is 6.54 Å². The number of carbonyl (C=O) groups excluding carboxylic acids is 2. The molecule has 1 rings (SSSR count). The Hall–Kier alpha value is -2.34. The summed E-state index contributed by atoms with van der Waals surface area (Å²) in [6.07, 6.45) is 0. The Morgan fingerprint density at radius 2 is 1.84 bits per heavy atom. The lowest BCUT2D eigenvalue weighted by molar-refractivity contribution is -0.117. The molecule has 0 heterocycles. The molecule has 0 spiro atoms. The molecule has 0 saturated heterocycles. The van der Waals surface area contributed by atoms with Crippen molar-refractivity contribution in [2.75, 3.05) is 13.1 Å². The van der Waals surface area contributed by atoms with E-state index in [9.17, 15) is 9.59 Å². The molecule has 102 valence electrons. The molecule has 6 nitrogen and oxygen atoms in total. The van der Waals surface area contributed by atoms with E-state index in [0.29, 0.717) is 18.8 Å². The maximum absolute atomic E-state index is 11.5. The van der Waals surface area contributed by atoms with Crippen molar-refractivity contribution >= 4 is 11.9 Å². The molecule has 0 aliphatic heterocycles. The molecule has 6 heteroatoms. The second kappa shape index (κ2) is 7.88. The lowest BCUT2D eigenvalue weighted by Crippen LogP contribution is -2.38. The van der Waals surface area contributed by atoms with E-state index in [-0.39, 0.29) is 12.6 Å². The normalized spacial score (nSPS) is 9.68. The van der Waals surface area contributed by atoms with Crippen LogP contribution in [-0.4, -0.2) is 25.0 Å². The van der Waals surface area contributed by atoms with Crippen LogP contribution >= 0.6 is 0 Å². The van der Waals surface area contributed by atoms with Crippen LogP contribution in [0, 0.1) is 0 Å². The average Bonchev–Trinajstić information content (AvgIpc) is 2.37. The van der Waals surface area contributed by atoms with E-state index in [2.05, 4.69) is 22.5 Å². The van der Waals surface area contributed by atoms with Gasteiger partial charge in [0, 0.05) is 18.8 Å². The quantitative estimate of drug-likeness (QED) is 0.560. The maximum Gasteiger partial charge on any atom is 0.319 e. The number of nitrogens with two attached hydrogens (primary N) is 1. The van der Waals surface area contributed by atoms with Crippen molar-refractivity contribution < 1.29 is 9.59 Å². The molecule has 0 aromatic heterocycles. The Balaban J connectivity index is 2.20. The van der Waals surface area contributed by atoms with Crippen LogP contribution in [0.2, 0.25) is 0 Å². The van der Waals surface area contributed by atoms with Gasteiger partial charge in [-0.2, -0.15) is 0 Å². The van der Waals surface area contributed by atoms with Crippen LogP contribution in [0.4, 0.5) is 4.79 Å². The van der Waals surface area contributed by atoms with Crippen molar-refractivity contribution in [1.29, 1.82) is 0 Å². The van der Waals surface area contributed by atoms with E-state index >= 15 is 0 Å². The lowest BCUT2D eigenvalue weighted by atomic mass is 10.2. The van der Waals surface area contributed by atoms with Crippen LogP contribution in [0.15, 0.2) is 42.6 Å². The Kier molecular flexibility index (Phi) is 6.11. The van der Waals surface area contributed by atoms with E-state index in [0.717, 1.165) is 5.56 Å². The number of carbonyl (C=O) groups is 2. The van der Waals surface area contributed by atoms with Gasteiger partial charge in [-0.3, -0.25) is 4.79 Å². The highest BCUT2D eigenvalue weighted by Gasteiger charge is 2.02. The topological polar surface area (TPSA) is 96.2 Å². The molecule has 3 amide bonds. The average molecular weight is 262 g/mol. The number of rotatable bonds is 7. The molecular weight excluding hydrogens is 244 g/mol. The highest BCUT2D eigenvalue weighted by atomic mass is 16.2. The minimum atomic E-state index is -0.457. The first-order chi connectivity index (χ1) is 9.08. The second-order valence-corrected chi connectivity index (χ2v) is 3.97. The number of urea groups is 1. The van der Waals surface area contributed by atoms with Gasteiger partial charge >= 0.3 is 6.03 Å². The van der Waals surface area contributed by atoms with E-state index < -0.39 is 5.91 Å². The van der Waals surface area contributed by atoms with E-state index in [4.69, 9.17) is 5.73 Å². The van der Waals surface area contributed by atoms with Gasteiger partial charge in [-0.1, -0.05) is 36.9 Å². The Bertz CT molecular complexity index is 445. The fourth-order valence-corrected chi connectivity index (χ4v) is 1.36. The first kappa shape index (κ1) is 14.7. The van der Waals surface area contributed by atoms with Gasteiger partial charge in [0.1, 0.15) is 0 Å². The van der Waals surface area contributed by atoms with Crippen LogP contribution in [0.1, 0.15) is 5.56 Å². The number of amides is 3. The second-order valence-electron chi connectivity index (χ2n) is 3.97. The zero-order valence-corrected chi connectivity index (χ0v) is 10.6. The van der Waals surface area contributed by atoms with Gasteiger partial charge < -0.3 is 21.7 Å². The van der Waals surface area contributed by atoms with E-state index in [1.807, 2.05) is 30.3 Å². The van der Waals surface area contributed by atoms with Crippen LogP contribution in [0.25, 0.3) is 0 Å². The SMILES string of the molecule is C=C(CNCC(N)=O)NC(=O)NCc1ccccc1. The standard InChI is InChI=1S/C13H18N4O2/c1-10(7-15-9-12(14)18)17-13(19)16-8-11-5-3-2-4-6-11/h2-6,15H,1,7-9H2,(H2,14,18)(H2,16,17,19). The van der Waals surface area contributed by atoms with Crippen molar-refractivity contribution in [2.45, 2.75) is 6.54 Å². The van der Waals surface area contributed by atoms with Crippen LogP contribution < -0.4 is 21.7 Å². The Labute approximate surface area is 112 Å². The highest BCUT2D eigenvalue weighted by molar-refractivity contribution is 5.76. The van der Waals surface area contributed by atoms with Crippen molar-refractivity contribution in [3.8, 4) is 0 Å². The van der Waals surface area contributed by atoms with Crippen LogP contribution in [0.3, 0.4) is 0 Å². The zero-order valence-electron chi connectivity index (χ0n) is 10.6. The molecule has 0 bridgehead atoms. The summed E-state index contributed by atoms with van der Waals surface area (Å²) in [6, 6.07) is 9.22. The summed E-state index contributed by atoms with van der Waals surface area (Å²) in [5.74, 6) is -0.457. The van der Waals surface area contributed by atoms with Gasteiger partial charge in [0.2, 0.25) is 5.91 Å². The largest absolute Gasteiger partial charge is 0.369 e. The molecule has 0 radical (unpaired) electrons. The Morgan fingerprint density at radius 1 is 1.16 bits per heavy atom. The third kappa shape index (κ3) is 6.85. The molecule has 1 aromatic carbocycles. The molecule has 0 unspecified atom stereocenters. The molecule has 0 aliphatic rings. The molecule has 0 atom stereocenters. The van der Waals surface area contributed by atoms with Gasteiger partial charge in [-0.15, -0.1) is 0 Å². The molecule has 0 fully saturated rings. The van der Waals surface area contributed by atoms with Gasteiger partial charge in [0.15, 0.2) is 0 Å². The van der Waals surface area contributed by atoms with Gasteiger partial charge in [-0.05, 0) is 5.56 Å². The number of hydrogen-bond donors (Lipinski definition) is 4. The molecular formula is C13H18N4O2. The van der Waals surface area contributed by atoms with Crippen molar-refractivity contribution in [1.82, 2.24) is 16.0 Å². The summed E-state index contributed by atoms with van der Waals surface area (Å²) in [4.78, 5) is 22.0. The predicted octanol–water partition coefficient (Wildman–Crippen LogP) is 0.0744. The number of hydrogen-bond acceptors (Lipinski definition) is 3. The fourth-order valence-electron chi connectivity index (χ4n) is 1.36. The van der Waals surface area contributed by atoms with Crippen molar-refractivity contribution in [3.63, 3.8) is 0 Å². The molecule has 0 aliphatic carbocycles. The predicted molar refractivity (Wildman–Crippen MR) is 73.0 cm³/mol. The van der Waals surface area contributed by atoms with Gasteiger partial charge in [0.25, 0.3) is 0 Å². The van der Waals surface area contributed by atoms with Crippen LogP contribution in [0.5, 0.6) is 0 Å². The van der Waals surface area contributed by atoms with Crippen molar-refractivity contribution in [2.24, 2.45) is 5.73 Å². The summed E-state index contributed by atoms with van der Waals surface area (Å²) < 4.78 is 0. The van der Waals surface area contributed by atoms with Crippen LogP contribution in [-0.2, 0) is 11.3 Å². The smallest absolute Gasteiger partial charge is 0.319 e. The monoisotopic (exact) mass is 262 g/mol. The number of nitrogens with one attached hydrogen (secondary N) is 3. The third-order valence-electron chi connectivity index (χ3n) is 2.22. The lowest BCUT2D eigenvalue weighted by Gasteiger charge is -2.10. The molecule has 5 N–H and O–H groups in total. The zero-order chi connectivity index (χ0) is 14.1. The minimum absolute atomic E-state index is 0.0480. The summed E-state index contributed by atoms with van der Waals surface area (Å²) in [7, 11) is 0. The first-order valence-corrected chi connectivity index (χ1v) is 5.83. The Morgan fingerprint density at radius 3 is 2.47 bits per heavy atom. The molecule has 0 saturated carbocycles. The highest BCUT2D eigenvalue weighted by Crippen LogP contribution is 1.96. The van der Waals surface area contributed by atoms with E-state index in [1.54, 1.807) is 0 Å². The maximum atomic E-state index is 11.5. The fraction of sp³-hybridized carbons (Fsp3) is 0.231.